The maximum atomic E-state index is 12.6. The van der Waals surface area contributed by atoms with Crippen LogP contribution in [0.2, 0.25) is 0 Å². The number of rotatable bonds is 5. The molecule has 29 heavy (non-hydrogen) atoms. The fourth-order valence-corrected chi connectivity index (χ4v) is 3.99. The van der Waals surface area contributed by atoms with E-state index in [1.807, 2.05) is 28.9 Å². The number of aromatic nitrogens is 4. The Bertz CT molecular complexity index is 1050. The van der Waals surface area contributed by atoms with E-state index in [2.05, 4.69) is 10.1 Å². The van der Waals surface area contributed by atoms with Crippen molar-refractivity contribution in [2.24, 2.45) is 0 Å². The predicted molar refractivity (Wildman–Crippen MR) is 106 cm³/mol. The number of fused-ring (bicyclic) bond motifs is 1. The standard InChI is InChI=1S/C21H24N4O4/c26-21-17-12-22-25(15-5-8-27-9-6-15)20(17)23-19(24-21)11-14-3-1-2-4-18(14)29-16-7-10-28-13-16/h1-4,12,15-16H,5-11,13H2,(H,23,24,26). The molecule has 0 spiro atoms. The molecule has 3 aromatic rings. The van der Waals surface area contributed by atoms with Crippen LogP contribution < -0.4 is 10.3 Å². The molecule has 152 valence electrons. The number of nitrogens with one attached hydrogen (secondary N) is 1. The fourth-order valence-electron chi connectivity index (χ4n) is 3.99. The highest BCUT2D eigenvalue weighted by Gasteiger charge is 2.22. The monoisotopic (exact) mass is 396 g/mol. The van der Waals surface area contributed by atoms with Gasteiger partial charge in [-0.2, -0.15) is 5.10 Å². The molecule has 0 amide bonds. The van der Waals surface area contributed by atoms with Crippen molar-refractivity contribution in [3.63, 3.8) is 0 Å². The summed E-state index contributed by atoms with van der Waals surface area (Å²) in [5, 5.41) is 4.98. The smallest absolute Gasteiger partial charge is 0.262 e. The topological polar surface area (TPSA) is 91.3 Å². The van der Waals surface area contributed by atoms with Gasteiger partial charge in [-0.25, -0.2) is 9.67 Å². The van der Waals surface area contributed by atoms with Crippen LogP contribution in [-0.2, 0) is 15.9 Å². The Balaban J connectivity index is 1.46. The Labute approximate surface area is 167 Å². The van der Waals surface area contributed by atoms with Crippen molar-refractivity contribution in [2.45, 2.75) is 37.8 Å². The summed E-state index contributed by atoms with van der Waals surface area (Å²) < 4.78 is 18.9. The number of nitrogens with zero attached hydrogens (tertiary/aromatic N) is 3. The molecule has 2 aliphatic rings. The number of benzene rings is 1. The lowest BCUT2D eigenvalue weighted by Gasteiger charge is -2.22. The predicted octanol–water partition coefficient (Wildman–Crippen LogP) is 2.23. The minimum Gasteiger partial charge on any atom is -0.488 e. The van der Waals surface area contributed by atoms with Gasteiger partial charge in [0.25, 0.3) is 5.56 Å². The van der Waals surface area contributed by atoms with Gasteiger partial charge in [0.05, 0.1) is 25.5 Å². The lowest BCUT2D eigenvalue weighted by molar-refractivity contribution is 0.0673. The van der Waals surface area contributed by atoms with E-state index in [1.54, 1.807) is 6.20 Å². The maximum Gasteiger partial charge on any atom is 0.262 e. The van der Waals surface area contributed by atoms with E-state index in [-0.39, 0.29) is 17.7 Å². The number of para-hydroxylation sites is 1. The molecule has 0 bridgehead atoms. The van der Waals surface area contributed by atoms with Gasteiger partial charge in [-0.3, -0.25) is 4.79 Å². The second-order valence-corrected chi connectivity index (χ2v) is 7.57. The highest BCUT2D eigenvalue weighted by Crippen LogP contribution is 2.25. The van der Waals surface area contributed by atoms with E-state index >= 15 is 0 Å². The van der Waals surface area contributed by atoms with Crippen molar-refractivity contribution in [3.8, 4) is 5.75 Å². The van der Waals surface area contributed by atoms with Gasteiger partial charge in [0, 0.05) is 31.6 Å². The van der Waals surface area contributed by atoms with Crippen LogP contribution in [0.4, 0.5) is 0 Å². The van der Waals surface area contributed by atoms with Crippen LogP contribution in [0.15, 0.2) is 35.3 Å². The van der Waals surface area contributed by atoms with Crippen LogP contribution in [0, 0.1) is 0 Å². The van der Waals surface area contributed by atoms with E-state index in [1.165, 1.54) is 0 Å². The molecule has 4 heterocycles. The van der Waals surface area contributed by atoms with Crippen LogP contribution in [0.5, 0.6) is 5.75 Å². The normalized spacial score (nSPS) is 20.3. The molecular formula is C21H24N4O4. The molecule has 0 radical (unpaired) electrons. The fraction of sp³-hybridized carbons (Fsp3) is 0.476. The van der Waals surface area contributed by atoms with E-state index in [4.69, 9.17) is 19.2 Å². The first-order valence-corrected chi connectivity index (χ1v) is 10.1. The van der Waals surface area contributed by atoms with E-state index < -0.39 is 0 Å². The first-order valence-electron chi connectivity index (χ1n) is 10.1. The quantitative estimate of drug-likeness (QED) is 0.711. The summed E-state index contributed by atoms with van der Waals surface area (Å²) in [6, 6.07) is 8.09. The van der Waals surface area contributed by atoms with E-state index in [0.29, 0.717) is 43.1 Å². The van der Waals surface area contributed by atoms with Gasteiger partial charge in [0.2, 0.25) is 0 Å². The number of hydrogen-bond acceptors (Lipinski definition) is 6. The molecule has 1 atom stereocenters. The van der Waals surface area contributed by atoms with Crippen molar-refractivity contribution < 1.29 is 14.2 Å². The molecule has 1 N–H and O–H groups in total. The number of H-pyrrole nitrogens is 1. The second kappa shape index (κ2) is 7.96. The van der Waals surface area contributed by atoms with Gasteiger partial charge >= 0.3 is 0 Å². The van der Waals surface area contributed by atoms with Gasteiger partial charge < -0.3 is 19.2 Å². The zero-order valence-corrected chi connectivity index (χ0v) is 16.2. The Hall–Kier alpha value is -2.71. The summed E-state index contributed by atoms with van der Waals surface area (Å²) in [7, 11) is 0. The molecule has 2 aliphatic heterocycles. The summed E-state index contributed by atoms with van der Waals surface area (Å²) in [4.78, 5) is 20.3. The molecule has 1 unspecified atom stereocenters. The Morgan fingerprint density at radius 1 is 1.14 bits per heavy atom. The van der Waals surface area contributed by atoms with Crippen LogP contribution in [0.1, 0.15) is 36.7 Å². The third-order valence-corrected chi connectivity index (χ3v) is 5.56. The molecule has 8 nitrogen and oxygen atoms in total. The Morgan fingerprint density at radius 2 is 1.97 bits per heavy atom. The van der Waals surface area contributed by atoms with Crippen molar-refractivity contribution in [1.82, 2.24) is 19.7 Å². The molecule has 0 saturated carbocycles. The SMILES string of the molecule is O=c1[nH]c(Cc2ccccc2OC2CCOC2)nc2c1cnn2C1CCOCC1. The van der Waals surface area contributed by atoms with Gasteiger partial charge in [-0.15, -0.1) is 0 Å². The number of hydrogen-bond donors (Lipinski definition) is 1. The van der Waals surface area contributed by atoms with Crippen LogP contribution in [0.25, 0.3) is 11.0 Å². The lowest BCUT2D eigenvalue weighted by atomic mass is 10.1. The van der Waals surface area contributed by atoms with Gasteiger partial charge in [0.1, 0.15) is 23.1 Å². The first kappa shape index (κ1) is 18.3. The molecule has 5 rings (SSSR count). The zero-order valence-electron chi connectivity index (χ0n) is 16.2. The Kier molecular flexibility index (Phi) is 5.03. The van der Waals surface area contributed by atoms with Crippen molar-refractivity contribution in [2.75, 3.05) is 26.4 Å². The summed E-state index contributed by atoms with van der Waals surface area (Å²) in [5.74, 6) is 1.42. The minimum absolute atomic E-state index is 0.0700. The summed E-state index contributed by atoms with van der Waals surface area (Å²) in [6.45, 7) is 2.75. The van der Waals surface area contributed by atoms with Crippen molar-refractivity contribution in [1.29, 1.82) is 0 Å². The van der Waals surface area contributed by atoms with Crippen molar-refractivity contribution in [3.05, 3.63) is 52.2 Å². The average Bonchev–Trinajstić information content (AvgIpc) is 3.40. The number of aromatic amines is 1. The van der Waals surface area contributed by atoms with Crippen LogP contribution >= 0.6 is 0 Å². The summed E-state index contributed by atoms with van der Waals surface area (Å²) in [6.07, 6.45) is 4.80. The Morgan fingerprint density at radius 3 is 2.79 bits per heavy atom. The summed E-state index contributed by atoms with van der Waals surface area (Å²) >= 11 is 0. The van der Waals surface area contributed by atoms with E-state index in [9.17, 15) is 4.79 Å². The molecule has 8 heteroatoms. The third-order valence-electron chi connectivity index (χ3n) is 5.56. The molecule has 2 saturated heterocycles. The minimum atomic E-state index is -0.161. The van der Waals surface area contributed by atoms with Crippen LogP contribution in [0.3, 0.4) is 0 Å². The maximum absolute atomic E-state index is 12.6. The third kappa shape index (κ3) is 3.77. The highest BCUT2D eigenvalue weighted by molar-refractivity contribution is 5.73. The highest BCUT2D eigenvalue weighted by atomic mass is 16.5. The summed E-state index contributed by atoms with van der Waals surface area (Å²) in [5.41, 5.74) is 1.46. The molecule has 1 aromatic carbocycles. The largest absolute Gasteiger partial charge is 0.488 e. The van der Waals surface area contributed by atoms with E-state index in [0.717, 1.165) is 37.2 Å². The first-order chi connectivity index (χ1) is 14.3. The van der Waals surface area contributed by atoms with Crippen LogP contribution in [-0.4, -0.2) is 52.3 Å². The lowest BCUT2D eigenvalue weighted by Crippen LogP contribution is -2.21. The van der Waals surface area contributed by atoms with Gasteiger partial charge in [0.15, 0.2) is 5.65 Å². The molecular weight excluding hydrogens is 372 g/mol. The number of ether oxygens (including phenoxy) is 3. The molecule has 2 fully saturated rings. The van der Waals surface area contributed by atoms with Gasteiger partial charge in [-0.1, -0.05) is 18.2 Å². The second-order valence-electron chi connectivity index (χ2n) is 7.57. The van der Waals surface area contributed by atoms with Crippen molar-refractivity contribution >= 4 is 11.0 Å². The van der Waals surface area contributed by atoms with Gasteiger partial charge in [-0.05, 0) is 18.9 Å². The molecule has 0 aliphatic carbocycles. The molecule has 2 aromatic heterocycles. The zero-order chi connectivity index (χ0) is 19.6. The average molecular weight is 396 g/mol.